The Labute approximate surface area is 103 Å². The van der Waals surface area contributed by atoms with Crippen molar-refractivity contribution in [1.82, 2.24) is 5.32 Å². The van der Waals surface area contributed by atoms with Gasteiger partial charge >= 0.3 is 0 Å². The number of hydrogen-bond acceptors (Lipinski definition) is 3. The largest absolute Gasteiger partial charge is 0.372 e. The van der Waals surface area contributed by atoms with Gasteiger partial charge in [0, 0.05) is 19.6 Å². The summed E-state index contributed by atoms with van der Waals surface area (Å²) >= 11 is 0. The molecule has 3 nitrogen and oxygen atoms in total. The van der Waals surface area contributed by atoms with Gasteiger partial charge in [-0.1, -0.05) is 6.07 Å². The minimum Gasteiger partial charge on any atom is -0.372 e. The molecule has 2 rings (SSSR count). The van der Waals surface area contributed by atoms with Gasteiger partial charge in [-0.3, -0.25) is 0 Å². The van der Waals surface area contributed by atoms with Gasteiger partial charge in [0.2, 0.25) is 0 Å². The highest BCUT2D eigenvalue weighted by Gasteiger charge is 2.17. The molecule has 0 aliphatic carbocycles. The van der Waals surface area contributed by atoms with E-state index in [9.17, 15) is 0 Å². The summed E-state index contributed by atoms with van der Waals surface area (Å²) in [6, 6.07) is 8.82. The molecule has 0 aromatic heterocycles. The number of rotatable bonds is 3. The van der Waals surface area contributed by atoms with Crippen LogP contribution in [0.1, 0.15) is 24.0 Å². The molecule has 1 saturated heterocycles. The molecule has 0 bridgehead atoms. The number of likely N-dealkylation sites (N-methyl/N-ethyl adjacent to an activating group) is 1. The molecule has 3 heteroatoms. The topological polar surface area (TPSA) is 39.1 Å². The van der Waals surface area contributed by atoms with E-state index in [0.717, 1.165) is 24.3 Å². The first-order valence-electron chi connectivity index (χ1n) is 6.16. The lowest BCUT2D eigenvalue weighted by molar-refractivity contribution is 0.599. The van der Waals surface area contributed by atoms with E-state index in [1.807, 2.05) is 12.1 Å². The SMILES string of the molecule is Cc1ccc(C#N)c(N(C)CC2CCCN2)c1. The molecule has 1 heterocycles. The molecule has 1 aliphatic rings. The molecule has 1 aliphatic heterocycles. The average Bonchev–Trinajstić information content (AvgIpc) is 2.81. The van der Waals surface area contributed by atoms with Crippen molar-refractivity contribution in [2.24, 2.45) is 0 Å². The fraction of sp³-hybridized carbons (Fsp3) is 0.500. The number of nitrogens with one attached hydrogen (secondary N) is 1. The van der Waals surface area contributed by atoms with E-state index >= 15 is 0 Å². The molecule has 1 N–H and O–H groups in total. The second-order valence-corrected chi connectivity index (χ2v) is 4.81. The van der Waals surface area contributed by atoms with E-state index in [1.54, 1.807) is 0 Å². The first-order chi connectivity index (χ1) is 8.20. The molecule has 1 atom stereocenters. The highest BCUT2D eigenvalue weighted by Crippen LogP contribution is 2.21. The third-order valence-corrected chi connectivity index (χ3v) is 3.34. The van der Waals surface area contributed by atoms with Gasteiger partial charge in [-0.05, 0) is 44.0 Å². The molecule has 1 unspecified atom stereocenters. The maximum absolute atomic E-state index is 9.13. The molecule has 0 radical (unpaired) electrons. The zero-order valence-electron chi connectivity index (χ0n) is 10.5. The minimum absolute atomic E-state index is 0.562. The number of aryl methyl sites for hydroxylation is 1. The van der Waals surface area contributed by atoms with Crippen molar-refractivity contribution in [1.29, 1.82) is 5.26 Å². The lowest BCUT2D eigenvalue weighted by Crippen LogP contribution is -2.35. The molecule has 17 heavy (non-hydrogen) atoms. The van der Waals surface area contributed by atoms with Gasteiger partial charge in [-0.15, -0.1) is 0 Å². The fourth-order valence-corrected chi connectivity index (χ4v) is 2.39. The van der Waals surface area contributed by atoms with E-state index in [0.29, 0.717) is 6.04 Å². The quantitative estimate of drug-likeness (QED) is 0.862. The van der Waals surface area contributed by atoms with Crippen molar-refractivity contribution >= 4 is 5.69 Å². The number of benzene rings is 1. The van der Waals surface area contributed by atoms with Crippen molar-refractivity contribution in [3.63, 3.8) is 0 Å². The monoisotopic (exact) mass is 229 g/mol. The number of hydrogen-bond donors (Lipinski definition) is 1. The number of nitrogens with zero attached hydrogens (tertiary/aromatic N) is 2. The Morgan fingerprint density at radius 1 is 1.53 bits per heavy atom. The van der Waals surface area contributed by atoms with Crippen LogP contribution in [0, 0.1) is 18.3 Å². The average molecular weight is 229 g/mol. The normalized spacial score (nSPS) is 19.0. The summed E-state index contributed by atoms with van der Waals surface area (Å²) in [5.74, 6) is 0. The van der Waals surface area contributed by atoms with Gasteiger partial charge < -0.3 is 10.2 Å². The lowest BCUT2D eigenvalue weighted by atomic mass is 10.1. The molecule has 90 valence electrons. The summed E-state index contributed by atoms with van der Waals surface area (Å²) in [6.07, 6.45) is 2.50. The second-order valence-electron chi connectivity index (χ2n) is 4.81. The summed E-state index contributed by atoms with van der Waals surface area (Å²) in [5.41, 5.74) is 3.00. The molecule has 1 aromatic rings. The summed E-state index contributed by atoms with van der Waals surface area (Å²) in [7, 11) is 2.07. The van der Waals surface area contributed by atoms with Crippen molar-refractivity contribution in [3.05, 3.63) is 29.3 Å². The predicted octanol–water partition coefficient (Wildman–Crippen LogP) is 2.05. The van der Waals surface area contributed by atoms with Gasteiger partial charge in [0.25, 0.3) is 0 Å². The van der Waals surface area contributed by atoms with Gasteiger partial charge in [0.1, 0.15) is 6.07 Å². The zero-order chi connectivity index (χ0) is 12.3. The number of nitriles is 1. The van der Waals surface area contributed by atoms with Crippen LogP contribution in [0.3, 0.4) is 0 Å². The Hall–Kier alpha value is -1.53. The van der Waals surface area contributed by atoms with Crippen LogP contribution in [0.15, 0.2) is 18.2 Å². The van der Waals surface area contributed by atoms with Crippen LogP contribution in [0.2, 0.25) is 0 Å². The molecule has 0 saturated carbocycles. The van der Waals surface area contributed by atoms with Crippen LogP contribution in [0.4, 0.5) is 5.69 Å². The van der Waals surface area contributed by atoms with Gasteiger partial charge in [-0.25, -0.2) is 0 Å². The van der Waals surface area contributed by atoms with Crippen LogP contribution < -0.4 is 10.2 Å². The molecular formula is C14H19N3. The van der Waals surface area contributed by atoms with E-state index in [1.165, 1.54) is 18.4 Å². The van der Waals surface area contributed by atoms with Crippen LogP contribution in [0.5, 0.6) is 0 Å². The Morgan fingerprint density at radius 3 is 3.00 bits per heavy atom. The Kier molecular flexibility index (Phi) is 3.65. The molecule has 1 aromatic carbocycles. The minimum atomic E-state index is 0.562. The maximum atomic E-state index is 9.13. The Bertz CT molecular complexity index is 428. The summed E-state index contributed by atoms with van der Waals surface area (Å²) in [5, 5.41) is 12.6. The van der Waals surface area contributed by atoms with Gasteiger partial charge in [0.05, 0.1) is 11.3 Å². The summed E-state index contributed by atoms with van der Waals surface area (Å²) in [4.78, 5) is 2.19. The first-order valence-corrected chi connectivity index (χ1v) is 6.16. The molecule has 0 spiro atoms. The van der Waals surface area contributed by atoms with E-state index < -0.39 is 0 Å². The van der Waals surface area contributed by atoms with E-state index in [-0.39, 0.29) is 0 Å². The third kappa shape index (κ3) is 2.78. The van der Waals surface area contributed by atoms with Crippen LogP contribution >= 0.6 is 0 Å². The van der Waals surface area contributed by atoms with Crippen molar-refractivity contribution in [2.45, 2.75) is 25.8 Å². The first kappa shape index (κ1) is 11.9. The van der Waals surface area contributed by atoms with Crippen LogP contribution in [0.25, 0.3) is 0 Å². The fourth-order valence-electron chi connectivity index (χ4n) is 2.39. The van der Waals surface area contributed by atoms with E-state index in [2.05, 4.69) is 36.3 Å². The Morgan fingerprint density at radius 2 is 2.35 bits per heavy atom. The van der Waals surface area contributed by atoms with Crippen molar-refractivity contribution in [3.8, 4) is 6.07 Å². The number of anilines is 1. The van der Waals surface area contributed by atoms with Gasteiger partial charge in [0.15, 0.2) is 0 Å². The summed E-state index contributed by atoms with van der Waals surface area (Å²) < 4.78 is 0. The molecular weight excluding hydrogens is 210 g/mol. The second kappa shape index (κ2) is 5.20. The van der Waals surface area contributed by atoms with Crippen molar-refractivity contribution < 1.29 is 0 Å². The van der Waals surface area contributed by atoms with Crippen LogP contribution in [-0.4, -0.2) is 26.2 Å². The predicted molar refractivity (Wildman–Crippen MR) is 70.2 cm³/mol. The highest BCUT2D eigenvalue weighted by molar-refractivity contribution is 5.60. The zero-order valence-corrected chi connectivity index (χ0v) is 10.5. The maximum Gasteiger partial charge on any atom is 0.101 e. The Balaban J connectivity index is 2.14. The standard InChI is InChI=1S/C14H19N3/c1-11-5-6-12(9-15)14(8-11)17(2)10-13-4-3-7-16-13/h5-6,8,13,16H,3-4,7,10H2,1-2H3. The van der Waals surface area contributed by atoms with Crippen LogP contribution in [-0.2, 0) is 0 Å². The smallest absolute Gasteiger partial charge is 0.101 e. The lowest BCUT2D eigenvalue weighted by Gasteiger charge is -2.24. The highest BCUT2D eigenvalue weighted by atomic mass is 15.1. The van der Waals surface area contributed by atoms with E-state index in [4.69, 9.17) is 5.26 Å². The molecule has 0 amide bonds. The molecule has 1 fully saturated rings. The van der Waals surface area contributed by atoms with Gasteiger partial charge in [-0.2, -0.15) is 5.26 Å². The van der Waals surface area contributed by atoms with Crippen molar-refractivity contribution in [2.75, 3.05) is 25.0 Å². The third-order valence-electron chi connectivity index (χ3n) is 3.34. The summed E-state index contributed by atoms with van der Waals surface area (Å²) in [6.45, 7) is 4.15.